The Kier molecular flexibility index (Phi) is 7.35. The molecule has 0 spiro atoms. The Morgan fingerprint density at radius 1 is 1.25 bits per heavy atom. The molecule has 1 aromatic rings. The first kappa shape index (κ1) is 16.2. The third-order valence-corrected chi connectivity index (χ3v) is 2.83. The van der Waals surface area contributed by atoms with Gasteiger partial charge in [0, 0.05) is 26.2 Å². The second kappa shape index (κ2) is 9.09. The van der Waals surface area contributed by atoms with E-state index in [2.05, 4.69) is 5.32 Å². The van der Waals surface area contributed by atoms with Crippen LogP contribution in [0.1, 0.15) is 30.9 Å². The van der Waals surface area contributed by atoms with Gasteiger partial charge in [-0.3, -0.25) is 9.59 Å². The SMILES string of the molecule is CCOCCCC(=O)NCc1ccccc1CC(=O)O. The van der Waals surface area contributed by atoms with Crippen LogP contribution in [0.2, 0.25) is 0 Å². The maximum absolute atomic E-state index is 11.6. The topological polar surface area (TPSA) is 75.6 Å². The second-order valence-corrected chi connectivity index (χ2v) is 4.42. The highest BCUT2D eigenvalue weighted by molar-refractivity contribution is 5.76. The Morgan fingerprint density at radius 2 is 1.95 bits per heavy atom. The first-order valence-electron chi connectivity index (χ1n) is 6.76. The van der Waals surface area contributed by atoms with Crippen molar-refractivity contribution >= 4 is 11.9 Å². The van der Waals surface area contributed by atoms with Gasteiger partial charge in [0.25, 0.3) is 0 Å². The Morgan fingerprint density at radius 3 is 2.60 bits per heavy atom. The Labute approximate surface area is 118 Å². The third-order valence-electron chi connectivity index (χ3n) is 2.83. The van der Waals surface area contributed by atoms with E-state index >= 15 is 0 Å². The first-order valence-corrected chi connectivity index (χ1v) is 6.76. The second-order valence-electron chi connectivity index (χ2n) is 4.42. The van der Waals surface area contributed by atoms with Gasteiger partial charge in [-0.05, 0) is 24.5 Å². The molecule has 20 heavy (non-hydrogen) atoms. The summed E-state index contributed by atoms with van der Waals surface area (Å²) in [6.45, 7) is 3.51. The quantitative estimate of drug-likeness (QED) is 0.675. The van der Waals surface area contributed by atoms with E-state index in [9.17, 15) is 9.59 Å². The van der Waals surface area contributed by atoms with Crippen molar-refractivity contribution in [3.63, 3.8) is 0 Å². The summed E-state index contributed by atoms with van der Waals surface area (Å²) in [5.74, 6) is -0.921. The summed E-state index contributed by atoms with van der Waals surface area (Å²) < 4.78 is 5.16. The van der Waals surface area contributed by atoms with Gasteiger partial charge in [-0.15, -0.1) is 0 Å². The lowest BCUT2D eigenvalue weighted by Crippen LogP contribution is -2.23. The van der Waals surface area contributed by atoms with Gasteiger partial charge in [0.1, 0.15) is 0 Å². The van der Waals surface area contributed by atoms with E-state index in [0.717, 1.165) is 11.1 Å². The molecule has 0 aliphatic carbocycles. The third kappa shape index (κ3) is 6.33. The van der Waals surface area contributed by atoms with Crippen molar-refractivity contribution in [2.24, 2.45) is 0 Å². The predicted molar refractivity (Wildman–Crippen MR) is 75.4 cm³/mol. The van der Waals surface area contributed by atoms with Crippen molar-refractivity contribution in [3.8, 4) is 0 Å². The highest BCUT2D eigenvalue weighted by Crippen LogP contribution is 2.09. The molecule has 5 nitrogen and oxygen atoms in total. The monoisotopic (exact) mass is 279 g/mol. The fraction of sp³-hybridized carbons (Fsp3) is 0.467. The molecule has 0 atom stereocenters. The number of amides is 1. The number of carboxylic acids is 1. The average molecular weight is 279 g/mol. The van der Waals surface area contributed by atoms with E-state index < -0.39 is 5.97 Å². The van der Waals surface area contributed by atoms with Crippen molar-refractivity contribution in [2.45, 2.75) is 32.7 Å². The maximum Gasteiger partial charge on any atom is 0.307 e. The lowest BCUT2D eigenvalue weighted by atomic mass is 10.0. The van der Waals surface area contributed by atoms with Crippen molar-refractivity contribution in [1.82, 2.24) is 5.32 Å². The summed E-state index contributed by atoms with van der Waals surface area (Å²) in [6, 6.07) is 7.23. The number of carbonyl (C=O) groups excluding carboxylic acids is 1. The van der Waals surface area contributed by atoms with Crippen LogP contribution in [0, 0.1) is 0 Å². The Hall–Kier alpha value is -1.88. The predicted octanol–water partition coefficient (Wildman–Crippen LogP) is 1.75. The van der Waals surface area contributed by atoms with Gasteiger partial charge in [-0.25, -0.2) is 0 Å². The number of carbonyl (C=O) groups is 2. The normalized spacial score (nSPS) is 10.2. The molecule has 110 valence electrons. The molecule has 1 rings (SSSR count). The molecule has 2 N–H and O–H groups in total. The van der Waals surface area contributed by atoms with E-state index in [1.165, 1.54) is 0 Å². The summed E-state index contributed by atoms with van der Waals surface area (Å²) in [5.41, 5.74) is 1.57. The molecule has 0 radical (unpaired) electrons. The van der Waals surface area contributed by atoms with E-state index in [0.29, 0.717) is 32.6 Å². The van der Waals surface area contributed by atoms with Crippen LogP contribution in [0.4, 0.5) is 0 Å². The van der Waals surface area contributed by atoms with E-state index in [4.69, 9.17) is 9.84 Å². The van der Waals surface area contributed by atoms with Gasteiger partial charge >= 0.3 is 5.97 Å². The number of benzene rings is 1. The van der Waals surface area contributed by atoms with Crippen molar-refractivity contribution < 1.29 is 19.4 Å². The molecular weight excluding hydrogens is 258 g/mol. The molecule has 0 bridgehead atoms. The molecule has 0 saturated heterocycles. The molecule has 0 saturated carbocycles. The van der Waals surface area contributed by atoms with Gasteiger partial charge in [0.05, 0.1) is 6.42 Å². The summed E-state index contributed by atoms with van der Waals surface area (Å²) >= 11 is 0. The van der Waals surface area contributed by atoms with Gasteiger partial charge in [-0.1, -0.05) is 24.3 Å². The van der Waals surface area contributed by atoms with Crippen LogP contribution in [0.3, 0.4) is 0 Å². The summed E-state index contributed by atoms with van der Waals surface area (Å²) in [6.07, 6.45) is 1.08. The molecule has 0 heterocycles. The number of hydrogen-bond acceptors (Lipinski definition) is 3. The summed E-state index contributed by atoms with van der Waals surface area (Å²) in [4.78, 5) is 22.4. The number of rotatable bonds is 9. The van der Waals surface area contributed by atoms with E-state index in [-0.39, 0.29) is 12.3 Å². The standard InChI is InChI=1S/C15H21NO4/c1-2-20-9-5-8-14(17)16-11-13-7-4-3-6-12(13)10-15(18)19/h3-4,6-7H,2,5,8-11H2,1H3,(H,16,17)(H,18,19). The van der Waals surface area contributed by atoms with Gasteiger partial charge in [0.15, 0.2) is 0 Å². The Bertz CT molecular complexity index is 445. The minimum atomic E-state index is -0.875. The molecular formula is C15H21NO4. The molecule has 0 aliphatic heterocycles. The van der Waals surface area contributed by atoms with Crippen LogP contribution in [0.25, 0.3) is 0 Å². The van der Waals surface area contributed by atoms with Crippen molar-refractivity contribution in [1.29, 1.82) is 0 Å². The lowest BCUT2D eigenvalue weighted by molar-refractivity contribution is -0.136. The zero-order chi connectivity index (χ0) is 14.8. The molecule has 5 heteroatoms. The van der Waals surface area contributed by atoms with E-state index in [1.54, 1.807) is 12.1 Å². The van der Waals surface area contributed by atoms with Gasteiger partial charge in [-0.2, -0.15) is 0 Å². The number of nitrogens with one attached hydrogen (secondary N) is 1. The fourth-order valence-corrected chi connectivity index (χ4v) is 1.83. The first-order chi connectivity index (χ1) is 9.63. The minimum Gasteiger partial charge on any atom is -0.481 e. The summed E-state index contributed by atoms with van der Waals surface area (Å²) in [5, 5.41) is 11.6. The smallest absolute Gasteiger partial charge is 0.307 e. The molecule has 1 aromatic carbocycles. The number of aliphatic carboxylic acids is 1. The van der Waals surface area contributed by atoms with Crippen LogP contribution in [-0.4, -0.2) is 30.2 Å². The fourth-order valence-electron chi connectivity index (χ4n) is 1.83. The number of hydrogen-bond donors (Lipinski definition) is 2. The molecule has 0 fully saturated rings. The van der Waals surface area contributed by atoms with Gasteiger partial charge in [0.2, 0.25) is 5.91 Å². The maximum atomic E-state index is 11.6. The Balaban J connectivity index is 2.41. The minimum absolute atomic E-state index is 0.0314. The van der Waals surface area contributed by atoms with Crippen LogP contribution >= 0.6 is 0 Å². The average Bonchev–Trinajstić information content (AvgIpc) is 2.42. The van der Waals surface area contributed by atoms with Crippen LogP contribution < -0.4 is 5.32 Å². The zero-order valence-corrected chi connectivity index (χ0v) is 11.7. The van der Waals surface area contributed by atoms with Crippen LogP contribution in [0.5, 0.6) is 0 Å². The van der Waals surface area contributed by atoms with Crippen molar-refractivity contribution in [3.05, 3.63) is 35.4 Å². The lowest BCUT2D eigenvalue weighted by Gasteiger charge is -2.09. The number of carboxylic acid groups (broad SMARTS) is 1. The van der Waals surface area contributed by atoms with Gasteiger partial charge < -0.3 is 15.2 Å². The highest BCUT2D eigenvalue weighted by atomic mass is 16.5. The van der Waals surface area contributed by atoms with E-state index in [1.807, 2.05) is 19.1 Å². The molecule has 0 unspecified atom stereocenters. The van der Waals surface area contributed by atoms with Crippen molar-refractivity contribution in [2.75, 3.05) is 13.2 Å². The molecule has 1 amide bonds. The molecule has 0 aliphatic rings. The zero-order valence-electron chi connectivity index (χ0n) is 11.7. The van der Waals surface area contributed by atoms with Crippen LogP contribution in [0.15, 0.2) is 24.3 Å². The molecule has 0 aromatic heterocycles. The largest absolute Gasteiger partial charge is 0.481 e. The highest BCUT2D eigenvalue weighted by Gasteiger charge is 2.07. The summed E-state index contributed by atoms with van der Waals surface area (Å²) in [7, 11) is 0. The van der Waals surface area contributed by atoms with Crippen LogP contribution in [-0.2, 0) is 27.3 Å². The number of ether oxygens (including phenoxy) is 1.